The molecule has 0 unspecified atom stereocenters. The van der Waals surface area contributed by atoms with Crippen molar-refractivity contribution in [1.82, 2.24) is 20.1 Å². The average Bonchev–Trinajstić information content (AvgIpc) is 2.60. The van der Waals surface area contributed by atoms with Crippen molar-refractivity contribution in [1.29, 1.82) is 0 Å². The third kappa shape index (κ3) is 2.70. The van der Waals surface area contributed by atoms with Crippen molar-refractivity contribution in [3.63, 3.8) is 0 Å². The first-order valence-corrected chi connectivity index (χ1v) is 4.82. The summed E-state index contributed by atoms with van der Waals surface area (Å²) in [6.45, 7) is 0.594. The first-order valence-electron chi connectivity index (χ1n) is 4.82. The molecule has 0 radical (unpaired) electrons. The number of nitrogens with one attached hydrogen (secondary N) is 1. The third-order valence-corrected chi connectivity index (χ3v) is 2.20. The van der Waals surface area contributed by atoms with Crippen molar-refractivity contribution < 1.29 is 17.9 Å². The Hall–Kier alpha value is -1.15. The number of nitrogens with zero attached hydrogens (tertiary/aromatic N) is 3. The normalized spacial score (nSPS) is 16.2. The second-order valence-corrected chi connectivity index (χ2v) is 3.47. The average molecular weight is 236 g/mol. The number of hydrogen-bond donors (Lipinski definition) is 1. The van der Waals surface area contributed by atoms with E-state index in [9.17, 15) is 13.2 Å². The largest absolute Gasteiger partial charge is 0.411 e. The Morgan fingerprint density at radius 1 is 1.38 bits per heavy atom. The molecule has 0 amide bonds. The molecule has 2 rings (SSSR count). The summed E-state index contributed by atoms with van der Waals surface area (Å²) in [5.74, 6) is 1.18. The molecular weight excluding hydrogens is 225 g/mol. The molecule has 90 valence electrons. The lowest BCUT2D eigenvalue weighted by atomic mass is 10.4. The monoisotopic (exact) mass is 236 g/mol. The number of fused-ring (bicyclic) bond motifs is 1. The van der Waals surface area contributed by atoms with Gasteiger partial charge in [-0.15, -0.1) is 10.2 Å². The second-order valence-electron chi connectivity index (χ2n) is 3.47. The summed E-state index contributed by atoms with van der Waals surface area (Å²) < 4.78 is 41.9. The smallest absolute Gasteiger partial charge is 0.364 e. The van der Waals surface area contributed by atoms with Gasteiger partial charge in [0.2, 0.25) is 0 Å². The highest BCUT2D eigenvalue weighted by Gasteiger charge is 2.28. The molecule has 0 atom stereocenters. The Kier molecular flexibility index (Phi) is 3.10. The van der Waals surface area contributed by atoms with Crippen LogP contribution in [0, 0.1) is 0 Å². The molecular formula is C8H11F3N4O. The zero-order valence-electron chi connectivity index (χ0n) is 8.42. The lowest BCUT2D eigenvalue weighted by molar-refractivity contribution is -0.177. The lowest BCUT2D eigenvalue weighted by Crippen LogP contribution is -2.29. The Morgan fingerprint density at radius 3 is 2.94 bits per heavy atom. The summed E-state index contributed by atoms with van der Waals surface area (Å²) in [5.41, 5.74) is 0. The Morgan fingerprint density at radius 2 is 2.19 bits per heavy atom. The van der Waals surface area contributed by atoms with E-state index in [1.165, 1.54) is 0 Å². The fraction of sp³-hybridized carbons (Fsp3) is 0.750. The third-order valence-electron chi connectivity index (χ3n) is 2.20. The minimum atomic E-state index is -4.30. The van der Waals surface area contributed by atoms with E-state index in [4.69, 9.17) is 0 Å². The zero-order chi connectivity index (χ0) is 11.6. The summed E-state index contributed by atoms with van der Waals surface area (Å²) in [6, 6.07) is 0. The van der Waals surface area contributed by atoms with Crippen LogP contribution >= 0.6 is 0 Å². The highest BCUT2D eigenvalue weighted by Crippen LogP contribution is 2.15. The predicted octanol–water partition coefficient (Wildman–Crippen LogP) is 0.460. The fourth-order valence-electron chi connectivity index (χ4n) is 1.52. The SMILES string of the molecule is FC(F)(F)COCc1nnc2n1CCNC2. The number of hydrogen-bond acceptors (Lipinski definition) is 4. The number of halogens is 3. The van der Waals surface area contributed by atoms with Crippen LogP contribution in [0.3, 0.4) is 0 Å². The number of aromatic nitrogens is 3. The summed E-state index contributed by atoms with van der Waals surface area (Å²) in [6.07, 6.45) is -4.30. The predicted molar refractivity (Wildman–Crippen MR) is 47.4 cm³/mol. The summed E-state index contributed by atoms with van der Waals surface area (Å²) in [7, 11) is 0. The molecule has 1 aliphatic heterocycles. The van der Waals surface area contributed by atoms with Crippen LogP contribution in [-0.4, -0.2) is 34.1 Å². The van der Waals surface area contributed by atoms with Crippen molar-refractivity contribution in [2.75, 3.05) is 13.2 Å². The van der Waals surface area contributed by atoms with Gasteiger partial charge in [0.25, 0.3) is 0 Å². The molecule has 0 saturated heterocycles. The van der Waals surface area contributed by atoms with E-state index >= 15 is 0 Å². The minimum Gasteiger partial charge on any atom is -0.364 e. The van der Waals surface area contributed by atoms with Gasteiger partial charge in [0, 0.05) is 13.1 Å². The van der Waals surface area contributed by atoms with Crippen molar-refractivity contribution in [3.05, 3.63) is 11.6 Å². The van der Waals surface area contributed by atoms with E-state index in [1.807, 2.05) is 0 Å². The van der Waals surface area contributed by atoms with Crippen LogP contribution in [0.5, 0.6) is 0 Å². The molecule has 0 spiro atoms. The zero-order valence-corrected chi connectivity index (χ0v) is 8.42. The van der Waals surface area contributed by atoms with Crippen molar-refractivity contribution in [2.24, 2.45) is 0 Å². The van der Waals surface area contributed by atoms with Crippen LogP contribution in [0.25, 0.3) is 0 Å². The van der Waals surface area contributed by atoms with Crippen molar-refractivity contribution >= 4 is 0 Å². The van der Waals surface area contributed by atoms with Gasteiger partial charge in [0.15, 0.2) is 5.82 Å². The molecule has 2 heterocycles. The fourth-order valence-corrected chi connectivity index (χ4v) is 1.52. The molecule has 0 saturated carbocycles. The van der Waals surface area contributed by atoms with E-state index in [0.29, 0.717) is 18.9 Å². The second kappa shape index (κ2) is 4.38. The summed E-state index contributed by atoms with van der Waals surface area (Å²) in [5, 5.41) is 10.7. The van der Waals surface area contributed by atoms with Gasteiger partial charge in [-0.25, -0.2) is 0 Å². The quantitative estimate of drug-likeness (QED) is 0.828. The Balaban J connectivity index is 1.92. The van der Waals surface area contributed by atoms with E-state index in [2.05, 4.69) is 20.3 Å². The molecule has 5 nitrogen and oxygen atoms in total. The standard InChI is InChI=1S/C8H11F3N4O/c9-8(10,11)5-16-4-7-14-13-6-3-12-1-2-15(6)7/h12H,1-5H2. The van der Waals surface area contributed by atoms with Gasteiger partial charge in [-0.2, -0.15) is 13.2 Å². The topological polar surface area (TPSA) is 52.0 Å². The Labute approximate surface area is 89.6 Å². The molecule has 1 aromatic rings. The molecule has 0 aromatic carbocycles. The van der Waals surface area contributed by atoms with Crippen LogP contribution in [0.2, 0.25) is 0 Å². The van der Waals surface area contributed by atoms with E-state index < -0.39 is 12.8 Å². The highest BCUT2D eigenvalue weighted by atomic mass is 19.4. The molecule has 1 aliphatic rings. The number of ether oxygens (including phenoxy) is 1. The van der Waals surface area contributed by atoms with Gasteiger partial charge in [0.05, 0.1) is 6.54 Å². The maximum atomic E-state index is 11.8. The highest BCUT2D eigenvalue weighted by molar-refractivity contribution is 4.97. The van der Waals surface area contributed by atoms with Crippen LogP contribution in [0.15, 0.2) is 0 Å². The van der Waals surface area contributed by atoms with Crippen LogP contribution in [0.4, 0.5) is 13.2 Å². The van der Waals surface area contributed by atoms with Crippen molar-refractivity contribution in [3.8, 4) is 0 Å². The number of rotatable bonds is 3. The summed E-state index contributed by atoms with van der Waals surface area (Å²) in [4.78, 5) is 0. The molecule has 0 bridgehead atoms. The van der Waals surface area contributed by atoms with Gasteiger partial charge in [-0.3, -0.25) is 0 Å². The first kappa shape index (κ1) is 11.3. The molecule has 1 N–H and O–H groups in total. The first-order chi connectivity index (χ1) is 7.56. The molecule has 0 aliphatic carbocycles. The van der Waals surface area contributed by atoms with Crippen LogP contribution in [-0.2, 0) is 24.4 Å². The number of alkyl halides is 3. The van der Waals surface area contributed by atoms with Gasteiger partial charge in [0.1, 0.15) is 19.0 Å². The molecule has 16 heavy (non-hydrogen) atoms. The molecule has 0 fully saturated rings. The van der Waals surface area contributed by atoms with E-state index in [0.717, 1.165) is 12.4 Å². The van der Waals surface area contributed by atoms with E-state index in [-0.39, 0.29) is 6.61 Å². The molecule has 8 heteroatoms. The van der Waals surface area contributed by atoms with Crippen LogP contribution in [0.1, 0.15) is 11.6 Å². The maximum absolute atomic E-state index is 11.8. The van der Waals surface area contributed by atoms with Gasteiger partial charge < -0.3 is 14.6 Å². The van der Waals surface area contributed by atoms with Crippen LogP contribution < -0.4 is 5.32 Å². The summed E-state index contributed by atoms with van der Waals surface area (Å²) >= 11 is 0. The minimum absolute atomic E-state index is 0.160. The van der Waals surface area contributed by atoms with Gasteiger partial charge in [-0.1, -0.05) is 0 Å². The lowest BCUT2D eigenvalue weighted by Gasteiger charge is -2.16. The molecule has 1 aromatic heterocycles. The van der Waals surface area contributed by atoms with Gasteiger partial charge in [-0.05, 0) is 0 Å². The Bertz CT molecular complexity index is 363. The van der Waals surface area contributed by atoms with Crippen molar-refractivity contribution in [2.45, 2.75) is 25.9 Å². The van der Waals surface area contributed by atoms with Gasteiger partial charge >= 0.3 is 6.18 Å². The maximum Gasteiger partial charge on any atom is 0.411 e. The van der Waals surface area contributed by atoms with E-state index in [1.54, 1.807) is 4.57 Å².